The molecular formula is C12H15BrClNO2. The summed E-state index contributed by atoms with van der Waals surface area (Å²) in [5, 5.41) is 1.39. The highest BCUT2D eigenvalue weighted by molar-refractivity contribution is 9.09. The fourth-order valence-corrected chi connectivity index (χ4v) is 1.69. The third-order valence-electron chi connectivity index (χ3n) is 2.45. The lowest BCUT2D eigenvalue weighted by Gasteiger charge is -2.23. The van der Waals surface area contributed by atoms with Gasteiger partial charge in [-0.25, -0.2) is 0 Å². The van der Waals surface area contributed by atoms with Gasteiger partial charge in [-0.2, -0.15) is 0 Å². The zero-order valence-electron chi connectivity index (χ0n) is 9.82. The summed E-state index contributed by atoms with van der Waals surface area (Å²) in [5.41, 5.74) is 0. The van der Waals surface area contributed by atoms with Crippen LogP contribution in [0.5, 0.6) is 5.75 Å². The van der Waals surface area contributed by atoms with E-state index in [1.807, 2.05) is 6.92 Å². The Morgan fingerprint density at radius 2 is 2.06 bits per heavy atom. The Kier molecular flexibility index (Phi) is 5.78. The molecule has 0 N–H and O–H groups in total. The van der Waals surface area contributed by atoms with Crippen LogP contribution in [0.1, 0.15) is 6.92 Å². The molecule has 0 aliphatic carbocycles. The number of ether oxygens (including phenoxy) is 1. The molecular weight excluding hydrogens is 305 g/mol. The van der Waals surface area contributed by atoms with Crippen molar-refractivity contribution in [2.24, 2.45) is 0 Å². The quantitative estimate of drug-likeness (QED) is 0.781. The van der Waals surface area contributed by atoms with Crippen LogP contribution >= 0.6 is 27.5 Å². The number of alkyl halides is 1. The van der Waals surface area contributed by atoms with Crippen LogP contribution in [-0.2, 0) is 4.79 Å². The first-order valence-corrected chi connectivity index (χ1v) is 6.74. The second-order valence-corrected chi connectivity index (χ2v) is 4.83. The predicted molar refractivity (Wildman–Crippen MR) is 73.0 cm³/mol. The highest BCUT2D eigenvalue weighted by Gasteiger charge is 2.14. The van der Waals surface area contributed by atoms with Crippen molar-refractivity contribution in [3.8, 4) is 5.75 Å². The molecule has 0 aliphatic rings. The van der Waals surface area contributed by atoms with Gasteiger partial charge >= 0.3 is 0 Å². The molecule has 3 nitrogen and oxygen atoms in total. The van der Waals surface area contributed by atoms with Gasteiger partial charge in [-0.1, -0.05) is 27.5 Å². The molecule has 1 atom stereocenters. The lowest BCUT2D eigenvalue weighted by Crippen LogP contribution is -2.39. The van der Waals surface area contributed by atoms with Crippen LogP contribution in [0.25, 0.3) is 0 Å². The van der Waals surface area contributed by atoms with E-state index in [2.05, 4.69) is 15.9 Å². The molecule has 1 aromatic rings. The maximum Gasteiger partial charge on any atom is 0.260 e. The number of nitrogens with zero attached hydrogens (tertiary/aromatic N) is 1. The minimum atomic E-state index is -0.0492. The molecule has 1 aromatic carbocycles. The number of hydrogen-bond acceptors (Lipinski definition) is 2. The smallest absolute Gasteiger partial charge is 0.260 e. The zero-order chi connectivity index (χ0) is 12.8. The van der Waals surface area contributed by atoms with E-state index in [0.29, 0.717) is 10.8 Å². The van der Waals surface area contributed by atoms with Crippen molar-refractivity contribution in [2.75, 3.05) is 19.0 Å². The third kappa shape index (κ3) is 4.56. The van der Waals surface area contributed by atoms with Crippen LogP contribution in [0.2, 0.25) is 5.02 Å². The van der Waals surface area contributed by atoms with Crippen molar-refractivity contribution < 1.29 is 9.53 Å². The van der Waals surface area contributed by atoms with Gasteiger partial charge in [0, 0.05) is 23.4 Å². The van der Waals surface area contributed by atoms with Crippen LogP contribution in [0.4, 0.5) is 0 Å². The summed E-state index contributed by atoms with van der Waals surface area (Å²) in [4.78, 5) is 13.4. The molecule has 0 saturated heterocycles. The van der Waals surface area contributed by atoms with E-state index in [1.54, 1.807) is 36.2 Å². The number of amides is 1. The molecule has 1 amide bonds. The summed E-state index contributed by atoms with van der Waals surface area (Å²) in [6.45, 7) is 2.00. The molecule has 17 heavy (non-hydrogen) atoms. The summed E-state index contributed by atoms with van der Waals surface area (Å²) in [7, 11) is 1.76. The summed E-state index contributed by atoms with van der Waals surface area (Å²) >= 11 is 9.09. The van der Waals surface area contributed by atoms with Gasteiger partial charge in [0.1, 0.15) is 5.75 Å². The number of rotatable bonds is 5. The SMILES string of the molecule is CC(CBr)N(C)C(=O)COc1ccc(Cl)cc1. The average Bonchev–Trinajstić information content (AvgIpc) is 2.35. The number of hydrogen-bond donors (Lipinski definition) is 0. The first kappa shape index (κ1) is 14.3. The molecule has 1 unspecified atom stereocenters. The number of halogens is 2. The highest BCUT2D eigenvalue weighted by atomic mass is 79.9. The molecule has 5 heteroatoms. The van der Waals surface area contributed by atoms with Crippen LogP contribution in [0, 0.1) is 0 Å². The number of carbonyl (C=O) groups is 1. The Morgan fingerprint density at radius 1 is 1.47 bits per heavy atom. The molecule has 0 aliphatic heterocycles. The monoisotopic (exact) mass is 319 g/mol. The Morgan fingerprint density at radius 3 is 2.59 bits per heavy atom. The molecule has 94 valence electrons. The highest BCUT2D eigenvalue weighted by Crippen LogP contribution is 2.15. The number of likely N-dealkylation sites (N-methyl/N-ethyl adjacent to an activating group) is 1. The second-order valence-electron chi connectivity index (χ2n) is 3.75. The molecule has 1 rings (SSSR count). The lowest BCUT2D eigenvalue weighted by atomic mass is 10.3. The molecule has 0 bridgehead atoms. The molecule has 0 spiro atoms. The first-order chi connectivity index (χ1) is 8.04. The lowest BCUT2D eigenvalue weighted by molar-refractivity contribution is -0.133. The Labute approximate surface area is 115 Å². The standard InChI is InChI=1S/C12H15BrClNO2/c1-9(7-13)15(2)12(16)8-17-11-5-3-10(14)4-6-11/h3-6,9H,7-8H2,1-2H3. The molecule has 0 radical (unpaired) electrons. The molecule has 0 aromatic heterocycles. The molecule has 0 saturated carbocycles. The van der Waals surface area contributed by atoms with Gasteiger partial charge in [0.05, 0.1) is 0 Å². The van der Waals surface area contributed by atoms with Gasteiger partial charge in [0.25, 0.3) is 5.91 Å². The summed E-state index contributed by atoms with van der Waals surface area (Å²) in [6.07, 6.45) is 0. The van der Waals surface area contributed by atoms with Gasteiger partial charge in [0.15, 0.2) is 6.61 Å². The van der Waals surface area contributed by atoms with Crippen LogP contribution in [0.3, 0.4) is 0 Å². The van der Waals surface area contributed by atoms with Crippen molar-refractivity contribution in [1.29, 1.82) is 0 Å². The van der Waals surface area contributed by atoms with Crippen molar-refractivity contribution in [3.05, 3.63) is 29.3 Å². The van der Waals surface area contributed by atoms with E-state index >= 15 is 0 Å². The molecule has 0 fully saturated rings. The van der Waals surface area contributed by atoms with E-state index in [0.717, 1.165) is 5.33 Å². The van der Waals surface area contributed by atoms with Crippen molar-refractivity contribution >= 4 is 33.4 Å². The fraction of sp³-hybridized carbons (Fsp3) is 0.417. The fourth-order valence-electron chi connectivity index (χ4n) is 1.13. The van der Waals surface area contributed by atoms with Crippen LogP contribution in [-0.4, -0.2) is 35.8 Å². The maximum atomic E-state index is 11.7. The summed E-state index contributed by atoms with van der Waals surface area (Å²) in [5.74, 6) is 0.592. The summed E-state index contributed by atoms with van der Waals surface area (Å²) < 4.78 is 5.37. The largest absolute Gasteiger partial charge is 0.484 e. The van der Waals surface area contributed by atoms with E-state index in [1.165, 1.54) is 0 Å². The normalized spacial score (nSPS) is 12.0. The average molecular weight is 321 g/mol. The molecule has 0 heterocycles. The topological polar surface area (TPSA) is 29.5 Å². The minimum absolute atomic E-state index is 0.0372. The van der Waals surface area contributed by atoms with Crippen molar-refractivity contribution in [1.82, 2.24) is 4.90 Å². The van der Waals surface area contributed by atoms with Gasteiger partial charge in [-0.05, 0) is 31.2 Å². The first-order valence-electron chi connectivity index (χ1n) is 5.24. The van der Waals surface area contributed by atoms with Crippen molar-refractivity contribution in [2.45, 2.75) is 13.0 Å². The van der Waals surface area contributed by atoms with E-state index < -0.39 is 0 Å². The van der Waals surface area contributed by atoms with Crippen LogP contribution < -0.4 is 4.74 Å². The summed E-state index contributed by atoms with van der Waals surface area (Å²) in [6, 6.07) is 7.09. The minimum Gasteiger partial charge on any atom is -0.484 e. The predicted octanol–water partition coefficient (Wildman–Crippen LogP) is 2.96. The van der Waals surface area contributed by atoms with Crippen molar-refractivity contribution in [3.63, 3.8) is 0 Å². The Hall–Kier alpha value is -0.740. The zero-order valence-corrected chi connectivity index (χ0v) is 12.2. The van der Waals surface area contributed by atoms with E-state index in [9.17, 15) is 4.79 Å². The number of benzene rings is 1. The van der Waals surface area contributed by atoms with Gasteiger partial charge < -0.3 is 9.64 Å². The maximum absolute atomic E-state index is 11.7. The van der Waals surface area contributed by atoms with E-state index in [4.69, 9.17) is 16.3 Å². The van der Waals surface area contributed by atoms with Crippen LogP contribution in [0.15, 0.2) is 24.3 Å². The van der Waals surface area contributed by atoms with Gasteiger partial charge in [0.2, 0.25) is 0 Å². The van der Waals surface area contributed by atoms with Gasteiger partial charge in [-0.3, -0.25) is 4.79 Å². The Balaban J connectivity index is 2.45. The number of carbonyl (C=O) groups excluding carboxylic acids is 1. The Bertz CT molecular complexity index is 369. The second kappa shape index (κ2) is 6.87. The van der Waals surface area contributed by atoms with Gasteiger partial charge in [-0.15, -0.1) is 0 Å². The third-order valence-corrected chi connectivity index (χ3v) is 3.64. The van der Waals surface area contributed by atoms with E-state index in [-0.39, 0.29) is 18.6 Å².